The normalized spacial score (nSPS) is 10.7. The zero-order valence-corrected chi connectivity index (χ0v) is 17.1. The SMILES string of the molecule is Cc1ccc(C)c(NC(=O)c2cc(C(=O)Nc3ccc(C(C)C)cc3)ccn2)c1. The highest BCUT2D eigenvalue weighted by Crippen LogP contribution is 2.19. The number of rotatable bonds is 5. The van der Waals surface area contributed by atoms with Gasteiger partial charge in [-0.15, -0.1) is 0 Å². The molecule has 0 aliphatic heterocycles. The molecule has 0 saturated carbocycles. The minimum atomic E-state index is -0.352. The summed E-state index contributed by atoms with van der Waals surface area (Å²) < 4.78 is 0. The quantitative estimate of drug-likeness (QED) is 0.622. The minimum absolute atomic E-state index is 0.189. The summed E-state index contributed by atoms with van der Waals surface area (Å²) in [4.78, 5) is 29.3. The first-order valence-electron chi connectivity index (χ1n) is 9.59. The first kappa shape index (κ1) is 20.3. The number of benzene rings is 2. The predicted molar refractivity (Wildman–Crippen MR) is 117 cm³/mol. The van der Waals surface area contributed by atoms with E-state index >= 15 is 0 Å². The molecule has 0 fully saturated rings. The summed E-state index contributed by atoms with van der Waals surface area (Å²) >= 11 is 0. The largest absolute Gasteiger partial charge is 0.322 e. The van der Waals surface area contributed by atoms with Crippen LogP contribution in [0.5, 0.6) is 0 Å². The maximum Gasteiger partial charge on any atom is 0.274 e. The molecule has 0 spiro atoms. The van der Waals surface area contributed by atoms with Crippen molar-refractivity contribution in [3.05, 3.63) is 88.7 Å². The van der Waals surface area contributed by atoms with Crippen LogP contribution in [-0.4, -0.2) is 16.8 Å². The number of pyridine rings is 1. The van der Waals surface area contributed by atoms with Crippen molar-refractivity contribution in [2.24, 2.45) is 0 Å². The molecule has 3 aromatic rings. The molecule has 0 unspecified atom stereocenters. The van der Waals surface area contributed by atoms with Gasteiger partial charge in [0.2, 0.25) is 0 Å². The Balaban J connectivity index is 1.73. The molecule has 5 heteroatoms. The zero-order valence-electron chi connectivity index (χ0n) is 17.1. The number of carbonyl (C=O) groups is 2. The van der Waals surface area contributed by atoms with Gasteiger partial charge in [0.1, 0.15) is 5.69 Å². The van der Waals surface area contributed by atoms with Crippen LogP contribution in [0.25, 0.3) is 0 Å². The van der Waals surface area contributed by atoms with E-state index in [-0.39, 0.29) is 17.5 Å². The number of aromatic nitrogens is 1. The highest BCUT2D eigenvalue weighted by Gasteiger charge is 2.13. The molecular formula is C24H25N3O2. The second-order valence-electron chi connectivity index (χ2n) is 7.43. The average Bonchev–Trinajstić information content (AvgIpc) is 2.71. The molecule has 2 N–H and O–H groups in total. The van der Waals surface area contributed by atoms with Gasteiger partial charge in [-0.05, 0) is 66.8 Å². The van der Waals surface area contributed by atoms with E-state index in [0.717, 1.165) is 16.8 Å². The van der Waals surface area contributed by atoms with Crippen molar-refractivity contribution in [3.8, 4) is 0 Å². The number of aryl methyl sites for hydroxylation is 2. The summed E-state index contributed by atoms with van der Waals surface area (Å²) in [6, 6.07) is 16.7. The van der Waals surface area contributed by atoms with Crippen molar-refractivity contribution in [3.63, 3.8) is 0 Å². The van der Waals surface area contributed by atoms with Gasteiger partial charge in [0, 0.05) is 23.1 Å². The van der Waals surface area contributed by atoms with Crippen LogP contribution in [0.15, 0.2) is 60.8 Å². The molecule has 0 saturated heterocycles. The first-order valence-corrected chi connectivity index (χ1v) is 9.59. The molecule has 1 heterocycles. The standard InChI is InChI=1S/C24H25N3O2/c1-15(2)18-7-9-20(10-8-18)26-23(28)19-11-12-25-22(14-19)24(29)27-21-13-16(3)5-6-17(21)4/h5-15H,1-4H3,(H,26,28)(H,27,29). The highest BCUT2D eigenvalue weighted by molar-refractivity contribution is 6.08. The molecular weight excluding hydrogens is 362 g/mol. The zero-order chi connectivity index (χ0) is 21.0. The Bertz CT molecular complexity index is 1040. The molecule has 3 rings (SSSR count). The van der Waals surface area contributed by atoms with Crippen molar-refractivity contribution in [2.45, 2.75) is 33.6 Å². The van der Waals surface area contributed by atoms with E-state index in [2.05, 4.69) is 29.5 Å². The van der Waals surface area contributed by atoms with E-state index in [1.807, 2.05) is 56.3 Å². The van der Waals surface area contributed by atoms with E-state index < -0.39 is 0 Å². The van der Waals surface area contributed by atoms with Gasteiger partial charge in [-0.1, -0.05) is 38.1 Å². The van der Waals surface area contributed by atoms with Crippen LogP contribution in [0.4, 0.5) is 11.4 Å². The summed E-state index contributed by atoms with van der Waals surface area (Å²) in [6.07, 6.45) is 1.47. The Morgan fingerprint density at radius 3 is 2.28 bits per heavy atom. The topological polar surface area (TPSA) is 71.1 Å². The minimum Gasteiger partial charge on any atom is -0.322 e. The molecule has 2 amide bonds. The molecule has 0 atom stereocenters. The smallest absolute Gasteiger partial charge is 0.274 e. The number of carbonyl (C=O) groups excluding carboxylic acids is 2. The molecule has 29 heavy (non-hydrogen) atoms. The van der Waals surface area contributed by atoms with Gasteiger partial charge in [-0.2, -0.15) is 0 Å². The lowest BCUT2D eigenvalue weighted by Gasteiger charge is -2.10. The van der Waals surface area contributed by atoms with Crippen molar-refractivity contribution >= 4 is 23.2 Å². The van der Waals surface area contributed by atoms with Crippen LogP contribution in [-0.2, 0) is 0 Å². The van der Waals surface area contributed by atoms with Crippen molar-refractivity contribution in [1.29, 1.82) is 0 Å². The fourth-order valence-corrected chi connectivity index (χ4v) is 2.91. The van der Waals surface area contributed by atoms with Gasteiger partial charge in [0.05, 0.1) is 0 Å². The first-order chi connectivity index (χ1) is 13.8. The average molecular weight is 387 g/mol. The Kier molecular flexibility index (Phi) is 6.07. The van der Waals surface area contributed by atoms with E-state index in [1.165, 1.54) is 17.8 Å². The Hall–Kier alpha value is -3.47. The van der Waals surface area contributed by atoms with Gasteiger partial charge in [-0.25, -0.2) is 0 Å². The number of hydrogen-bond donors (Lipinski definition) is 2. The predicted octanol–water partition coefficient (Wildman–Crippen LogP) is 5.33. The molecule has 148 valence electrons. The molecule has 0 aliphatic carbocycles. The maximum absolute atomic E-state index is 12.6. The lowest BCUT2D eigenvalue weighted by molar-refractivity contribution is 0.102. The van der Waals surface area contributed by atoms with Gasteiger partial charge < -0.3 is 10.6 Å². The van der Waals surface area contributed by atoms with Crippen LogP contribution in [0.2, 0.25) is 0 Å². The molecule has 1 aromatic heterocycles. The second-order valence-corrected chi connectivity index (χ2v) is 7.43. The molecule has 0 radical (unpaired) electrons. The van der Waals surface area contributed by atoms with Crippen LogP contribution in [0.1, 0.15) is 57.3 Å². The number of amides is 2. The summed E-state index contributed by atoms with van der Waals surface area (Å²) in [7, 11) is 0. The van der Waals surface area contributed by atoms with Gasteiger partial charge in [0.25, 0.3) is 11.8 Å². The lowest BCUT2D eigenvalue weighted by atomic mass is 10.0. The molecule has 2 aromatic carbocycles. The molecule has 0 bridgehead atoms. The summed E-state index contributed by atoms with van der Waals surface area (Å²) in [5.74, 6) is -0.210. The third kappa shape index (κ3) is 5.08. The maximum atomic E-state index is 12.6. The van der Waals surface area contributed by atoms with Crippen LogP contribution < -0.4 is 10.6 Å². The van der Waals surface area contributed by atoms with Crippen LogP contribution >= 0.6 is 0 Å². The number of nitrogens with one attached hydrogen (secondary N) is 2. The number of anilines is 2. The Morgan fingerprint density at radius 2 is 1.59 bits per heavy atom. The number of hydrogen-bond acceptors (Lipinski definition) is 3. The Morgan fingerprint density at radius 1 is 0.862 bits per heavy atom. The van der Waals surface area contributed by atoms with Gasteiger partial charge in [0.15, 0.2) is 0 Å². The van der Waals surface area contributed by atoms with Crippen molar-refractivity contribution in [2.75, 3.05) is 10.6 Å². The molecule has 0 aliphatic rings. The number of nitrogens with zero attached hydrogens (tertiary/aromatic N) is 1. The van der Waals surface area contributed by atoms with E-state index in [0.29, 0.717) is 17.2 Å². The van der Waals surface area contributed by atoms with Crippen molar-refractivity contribution in [1.82, 2.24) is 4.98 Å². The Labute approximate surface area is 171 Å². The van der Waals surface area contributed by atoms with E-state index in [1.54, 1.807) is 6.07 Å². The summed E-state index contributed by atoms with van der Waals surface area (Å²) in [5.41, 5.74) is 5.22. The van der Waals surface area contributed by atoms with Gasteiger partial charge >= 0.3 is 0 Å². The summed E-state index contributed by atoms with van der Waals surface area (Å²) in [5, 5.41) is 5.73. The fourth-order valence-electron chi connectivity index (χ4n) is 2.91. The van der Waals surface area contributed by atoms with Crippen LogP contribution in [0, 0.1) is 13.8 Å². The fraction of sp³-hybridized carbons (Fsp3) is 0.208. The molecule has 5 nitrogen and oxygen atoms in total. The third-order valence-electron chi connectivity index (χ3n) is 4.73. The third-order valence-corrected chi connectivity index (χ3v) is 4.73. The second kappa shape index (κ2) is 8.69. The van der Waals surface area contributed by atoms with Crippen LogP contribution in [0.3, 0.4) is 0 Å². The highest BCUT2D eigenvalue weighted by atomic mass is 16.2. The van der Waals surface area contributed by atoms with Gasteiger partial charge in [-0.3, -0.25) is 14.6 Å². The monoisotopic (exact) mass is 387 g/mol. The van der Waals surface area contributed by atoms with Crippen molar-refractivity contribution < 1.29 is 9.59 Å². The van der Waals surface area contributed by atoms with E-state index in [4.69, 9.17) is 0 Å². The lowest BCUT2D eigenvalue weighted by Crippen LogP contribution is -2.17. The summed E-state index contributed by atoms with van der Waals surface area (Å²) in [6.45, 7) is 8.13. The van der Waals surface area contributed by atoms with E-state index in [9.17, 15) is 9.59 Å².